The van der Waals surface area contributed by atoms with Crippen molar-refractivity contribution < 1.29 is 24.0 Å². The monoisotopic (exact) mass is 436 g/mol. The maximum atomic E-state index is 11.0. The maximum Gasteiger partial charge on any atom is 0.352 e. The minimum atomic E-state index is -0.495. The molecule has 0 aromatic heterocycles. The van der Waals surface area contributed by atoms with Crippen LogP contribution < -0.4 is 14.4 Å². The van der Waals surface area contributed by atoms with Crippen molar-refractivity contribution >= 4 is 16.7 Å². The van der Waals surface area contributed by atoms with Crippen LogP contribution in [0.5, 0.6) is 17.2 Å². The van der Waals surface area contributed by atoms with Gasteiger partial charge in [0, 0.05) is 17.7 Å². The molecule has 0 bridgehead atoms. The van der Waals surface area contributed by atoms with Crippen molar-refractivity contribution in [3.8, 4) is 17.2 Å². The Morgan fingerprint density at radius 2 is 1.59 bits per heavy atom. The molecule has 0 saturated carbocycles. The lowest BCUT2D eigenvalue weighted by molar-refractivity contribution is -0.210. The Kier molecular flexibility index (Phi) is 8.79. The molecule has 0 heterocycles. The van der Waals surface area contributed by atoms with E-state index in [1.165, 1.54) is 18.1 Å². The van der Waals surface area contributed by atoms with Crippen molar-refractivity contribution in [1.29, 1.82) is 0 Å². The summed E-state index contributed by atoms with van der Waals surface area (Å²) in [7, 11) is 1.73. The van der Waals surface area contributed by atoms with Gasteiger partial charge in [-0.15, -0.1) is 0 Å². The van der Waals surface area contributed by atoms with Crippen molar-refractivity contribution in [1.82, 2.24) is 0 Å². The fourth-order valence-corrected chi connectivity index (χ4v) is 3.80. The molecule has 3 rings (SSSR count). The average molecular weight is 437 g/mol. The number of ether oxygens (including phenoxy) is 2. The molecular formula is C27H32O5. The second-order valence-corrected chi connectivity index (χ2v) is 7.82. The van der Waals surface area contributed by atoms with E-state index in [4.69, 9.17) is 14.4 Å². The first-order valence-corrected chi connectivity index (χ1v) is 11.3. The van der Waals surface area contributed by atoms with E-state index in [1.54, 1.807) is 13.2 Å². The smallest absolute Gasteiger partial charge is 0.352 e. The molecular weight excluding hydrogens is 404 g/mol. The molecule has 0 amide bonds. The first kappa shape index (κ1) is 23.5. The van der Waals surface area contributed by atoms with Crippen LogP contribution in [-0.4, -0.2) is 19.7 Å². The van der Waals surface area contributed by atoms with Crippen LogP contribution in [-0.2, 0) is 22.5 Å². The molecule has 0 fully saturated rings. The third-order valence-corrected chi connectivity index (χ3v) is 5.32. The van der Waals surface area contributed by atoms with Crippen LogP contribution in [0.4, 0.5) is 0 Å². The Morgan fingerprint density at radius 1 is 0.844 bits per heavy atom. The molecule has 170 valence electrons. The van der Waals surface area contributed by atoms with Gasteiger partial charge < -0.3 is 9.47 Å². The van der Waals surface area contributed by atoms with E-state index in [-0.39, 0.29) is 0 Å². The minimum Gasteiger partial charge on any atom is -0.496 e. The van der Waals surface area contributed by atoms with Crippen molar-refractivity contribution in [3.05, 3.63) is 65.7 Å². The number of carbonyl (C=O) groups is 1. The summed E-state index contributed by atoms with van der Waals surface area (Å²) in [6, 6.07) is 17.9. The van der Waals surface area contributed by atoms with Gasteiger partial charge >= 0.3 is 5.97 Å². The van der Waals surface area contributed by atoms with Crippen LogP contribution >= 0.6 is 0 Å². The summed E-state index contributed by atoms with van der Waals surface area (Å²) in [5, 5.41) is 1.77. The zero-order valence-corrected chi connectivity index (χ0v) is 19.2. The molecule has 0 N–H and O–H groups in total. The van der Waals surface area contributed by atoms with Gasteiger partial charge in [-0.3, -0.25) is 9.78 Å². The number of hydrogen-bond donors (Lipinski definition) is 0. The summed E-state index contributed by atoms with van der Waals surface area (Å²) in [5.74, 6) is 1.78. The number of rotatable bonds is 12. The number of hydrogen-bond acceptors (Lipinski definition) is 5. The lowest BCUT2D eigenvalue weighted by Gasteiger charge is -2.12. The van der Waals surface area contributed by atoms with Crippen molar-refractivity contribution in [2.45, 2.75) is 52.4 Å². The zero-order valence-electron chi connectivity index (χ0n) is 19.2. The topological polar surface area (TPSA) is 54.0 Å². The molecule has 3 aromatic carbocycles. The van der Waals surface area contributed by atoms with Crippen molar-refractivity contribution in [2.24, 2.45) is 0 Å². The van der Waals surface area contributed by atoms with E-state index in [2.05, 4.69) is 30.0 Å². The molecule has 0 aliphatic carbocycles. The van der Waals surface area contributed by atoms with Gasteiger partial charge in [-0.2, -0.15) is 0 Å². The number of fused-ring (bicyclic) bond motifs is 1. The highest BCUT2D eigenvalue weighted by Gasteiger charge is 2.09. The third-order valence-electron chi connectivity index (χ3n) is 5.32. The van der Waals surface area contributed by atoms with Crippen molar-refractivity contribution in [2.75, 3.05) is 13.7 Å². The highest BCUT2D eigenvalue weighted by molar-refractivity contribution is 5.93. The molecule has 0 unspecified atom stereocenters. The number of methoxy groups -OCH3 is 1. The normalized spacial score (nSPS) is 10.7. The maximum absolute atomic E-state index is 11.0. The summed E-state index contributed by atoms with van der Waals surface area (Å²) >= 11 is 0. The second-order valence-electron chi connectivity index (χ2n) is 7.82. The summed E-state index contributed by atoms with van der Waals surface area (Å²) < 4.78 is 11.5. The average Bonchev–Trinajstić information content (AvgIpc) is 2.80. The summed E-state index contributed by atoms with van der Waals surface area (Å²) in [4.78, 5) is 20.9. The van der Waals surface area contributed by atoms with Crippen LogP contribution in [0.3, 0.4) is 0 Å². The molecule has 0 saturated heterocycles. The van der Waals surface area contributed by atoms with E-state index in [9.17, 15) is 4.79 Å². The van der Waals surface area contributed by atoms with Crippen LogP contribution in [0.25, 0.3) is 10.8 Å². The first-order valence-electron chi connectivity index (χ1n) is 11.3. The van der Waals surface area contributed by atoms with Gasteiger partial charge in [0.25, 0.3) is 0 Å². The lowest BCUT2D eigenvalue weighted by Crippen LogP contribution is -2.03. The highest BCUT2D eigenvalue weighted by Crippen LogP contribution is 2.32. The Balaban J connectivity index is 1.49. The summed E-state index contributed by atoms with van der Waals surface area (Å²) in [6.07, 6.45) is 6.42. The third kappa shape index (κ3) is 6.39. The van der Waals surface area contributed by atoms with E-state index < -0.39 is 5.97 Å². The van der Waals surface area contributed by atoms with Gasteiger partial charge in [0.15, 0.2) is 5.75 Å². The molecule has 0 aliphatic heterocycles. The van der Waals surface area contributed by atoms with E-state index in [0.717, 1.165) is 60.8 Å². The molecule has 32 heavy (non-hydrogen) atoms. The Hall–Kier alpha value is -3.21. The zero-order chi connectivity index (χ0) is 22.8. The SMILES string of the molecule is CCCc1cc(CCCCCOc2cccc3c(OOC(C)=O)cccc23)ccc1OC. The predicted molar refractivity (Wildman–Crippen MR) is 126 cm³/mol. The van der Waals surface area contributed by atoms with Gasteiger partial charge in [0.1, 0.15) is 11.5 Å². The Labute approximate surface area is 190 Å². The standard InChI is InChI=1S/C27H32O5/c1-4-10-22-19-21(16-17-25(22)29-3)11-6-5-7-18-30-26-14-8-13-24-23(26)12-9-15-27(24)32-31-20(2)28/h8-9,12-17,19H,4-7,10-11,18H2,1-3H3. The summed E-state index contributed by atoms with van der Waals surface area (Å²) in [6.45, 7) is 4.14. The van der Waals surface area contributed by atoms with Gasteiger partial charge in [-0.05, 0) is 61.4 Å². The molecule has 0 atom stereocenters. The molecule has 0 radical (unpaired) electrons. The number of benzene rings is 3. The highest BCUT2D eigenvalue weighted by atomic mass is 17.2. The molecule has 0 aliphatic rings. The van der Waals surface area contributed by atoms with Crippen LogP contribution in [0.1, 0.15) is 50.7 Å². The summed E-state index contributed by atoms with van der Waals surface area (Å²) in [5.41, 5.74) is 2.66. The molecule has 0 spiro atoms. The van der Waals surface area contributed by atoms with Gasteiger partial charge in [-0.25, -0.2) is 4.79 Å². The second kappa shape index (κ2) is 12.0. The van der Waals surface area contributed by atoms with Crippen LogP contribution in [0.2, 0.25) is 0 Å². The predicted octanol–water partition coefficient (Wildman–Crippen LogP) is 6.45. The van der Waals surface area contributed by atoms with E-state index in [1.807, 2.05) is 30.3 Å². The number of carbonyl (C=O) groups excluding carboxylic acids is 1. The van der Waals surface area contributed by atoms with Gasteiger partial charge in [0.2, 0.25) is 0 Å². The fourth-order valence-electron chi connectivity index (χ4n) is 3.80. The largest absolute Gasteiger partial charge is 0.496 e. The van der Waals surface area contributed by atoms with E-state index in [0.29, 0.717) is 12.4 Å². The molecule has 5 heteroatoms. The number of aryl methyl sites for hydroxylation is 2. The first-order chi connectivity index (χ1) is 15.6. The van der Waals surface area contributed by atoms with Crippen LogP contribution in [0, 0.1) is 0 Å². The Morgan fingerprint density at radius 3 is 2.31 bits per heavy atom. The fraction of sp³-hybridized carbons (Fsp3) is 0.370. The number of unbranched alkanes of at least 4 members (excludes halogenated alkanes) is 2. The molecule has 3 aromatic rings. The lowest BCUT2D eigenvalue weighted by atomic mass is 10.0. The van der Waals surface area contributed by atoms with Crippen molar-refractivity contribution in [3.63, 3.8) is 0 Å². The quantitative estimate of drug-likeness (QED) is 0.185. The Bertz CT molecular complexity index is 1030. The van der Waals surface area contributed by atoms with Gasteiger partial charge in [-0.1, -0.05) is 49.7 Å². The van der Waals surface area contributed by atoms with E-state index >= 15 is 0 Å². The van der Waals surface area contributed by atoms with Gasteiger partial charge in [0.05, 0.1) is 13.7 Å². The minimum absolute atomic E-state index is 0.491. The van der Waals surface area contributed by atoms with Crippen LogP contribution in [0.15, 0.2) is 54.6 Å². The molecule has 5 nitrogen and oxygen atoms in total.